The molecule has 20 heavy (non-hydrogen) atoms. The number of para-hydroxylation sites is 1. The lowest BCUT2D eigenvalue weighted by molar-refractivity contribution is 0.112. The van der Waals surface area contributed by atoms with Crippen molar-refractivity contribution in [2.45, 2.75) is 6.42 Å². The van der Waals surface area contributed by atoms with Gasteiger partial charge in [-0.2, -0.15) is 0 Å². The molecule has 3 heteroatoms. The van der Waals surface area contributed by atoms with E-state index in [-0.39, 0.29) is 0 Å². The molecule has 0 fully saturated rings. The lowest BCUT2D eigenvalue weighted by Gasteiger charge is -2.08. The second-order valence-electron chi connectivity index (χ2n) is 4.62. The van der Waals surface area contributed by atoms with Gasteiger partial charge in [-0.15, -0.1) is 0 Å². The van der Waals surface area contributed by atoms with E-state index in [1.807, 2.05) is 30.3 Å². The van der Waals surface area contributed by atoms with Crippen molar-refractivity contribution in [2.75, 3.05) is 0 Å². The van der Waals surface area contributed by atoms with Crippen LogP contribution in [0.2, 0.25) is 0 Å². The average molecular weight is 265 g/mol. The minimum absolute atomic E-state index is 0.393. The highest BCUT2D eigenvalue weighted by molar-refractivity contribution is 5.83. The Kier molecular flexibility index (Phi) is 3.25. The van der Waals surface area contributed by atoms with E-state index in [2.05, 4.69) is 4.98 Å². The molecular formula is C17H12FNO. The highest BCUT2D eigenvalue weighted by atomic mass is 19.1. The molecule has 0 aliphatic rings. The molecule has 3 aromatic rings. The largest absolute Gasteiger partial charge is 0.298 e. The Bertz CT molecular complexity index is 778. The van der Waals surface area contributed by atoms with Gasteiger partial charge in [0.05, 0.1) is 5.52 Å². The van der Waals surface area contributed by atoms with Crippen molar-refractivity contribution >= 4 is 17.2 Å². The van der Waals surface area contributed by atoms with Crippen LogP contribution in [0.3, 0.4) is 0 Å². The molecule has 0 atom stereocenters. The van der Waals surface area contributed by atoms with Gasteiger partial charge in [-0.3, -0.25) is 9.78 Å². The molecule has 0 unspecified atom stereocenters. The molecule has 3 rings (SSSR count). The van der Waals surface area contributed by atoms with Crippen molar-refractivity contribution in [3.8, 4) is 0 Å². The Morgan fingerprint density at radius 3 is 2.75 bits per heavy atom. The number of aromatic nitrogens is 1. The Balaban J connectivity index is 2.08. The molecule has 0 radical (unpaired) electrons. The Morgan fingerprint density at radius 1 is 1.05 bits per heavy atom. The number of aldehydes is 1. The molecule has 2 aromatic carbocycles. The van der Waals surface area contributed by atoms with Gasteiger partial charge in [0.1, 0.15) is 12.1 Å². The SMILES string of the molecule is O=Cc1cc(F)ccc1Cc1ccnc2ccccc12. The molecule has 98 valence electrons. The predicted octanol–water partition coefficient (Wildman–Crippen LogP) is 3.78. The second-order valence-corrected chi connectivity index (χ2v) is 4.62. The van der Waals surface area contributed by atoms with Gasteiger partial charge in [-0.1, -0.05) is 24.3 Å². The number of hydrogen-bond donors (Lipinski definition) is 0. The standard InChI is InChI=1S/C17H12FNO/c18-15-6-5-12(14(10-15)11-20)9-13-7-8-19-17-4-2-1-3-16(13)17/h1-8,10-11H,9H2. The van der Waals surface area contributed by atoms with Crippen LogP contribution in [0.25, 0.3) is 10.9 Å². The maximum Gasteiger partial charge on any atom is 0.150 e. The van der Waals surface area contributed by atoms with E-state index in [0.717, 1.165) is 22.0 Å². The maximum absolute atomic E-state index is 13.2. The van der Waals surface area contributed by atoms with Gasteiger partial charge in [-0.25, -0.2) is 4.39 Å². The van der Waals surface area contributed by atoms with Gasteiger partial charge in [-0.05, 0) is 41.8 Å². The number of pyridine rings is 1. The number of fused-ring (bicyclic) bond motifs is 1. The number of rotatable bonds is 3. The zero-order valence-corrected chi connectivity index (χ0v) is 10.7. The normalized spacial score (nSPS) is 10.7. The third-order valence-corrected chi connectivity index (χ3v) is 3.36. The lowest BCUT2D eigenvalue weighted by atomic mass is 9.98. The number of carbonyl (C=O) groups excluding carboxylic acids is 1. The van der Waals surface area contributed by atoms with E-state index in [0.29, 0.717) is 18.3 Å². The minimum atomic E-state index is -0.393. The molecule has 1 aromatic heterocycles. The smallest absolute Gasteiger partial charge is 0.150 e. The number of carbonyl (C=O) groups is 1. The topological polar surface area (TPSA) is 30.0 Å². The Hall–Kier alpha value is -2.55. The van der Waals surface area contributed by atoms with Crippen molar-refractivity contribution in [1.82, 2.24) is 4.98 Å². The monoisotopic (exact) mass is 265 g/mol. The number of benzene rings is 2. The summed E-state index contributed by atoms with van der Waals surface area (Å²) in [5.74, 6) is -0.393. The molecule has 0 spiro atoms. The Labute approximate surface area is 115 Å². The van der Waals surface area contributed by atoms with E-state index in [1.54, 1.807) is 12.3 Å². The lowest BCUT2D eigenvalue weighted by Crippen LogP contribution is -1.97. The molecule has 0 aliphatic carbocycles. The van der Waals surface area contributed by atoms with Crippen molar-refractivity contribution < 1.29 is 9.18 Å². The van der Waals surface area contributed by atoms with E-state index in [4.69, 9.17) is 0 Å². The van der Waals surface area contributed by atoms with Gasteiger partial charge < -0.3 is 0 Å². The molecule has 0 amide bonds. The zero-order valence-electron chi connectivity index (χ0n) is 10.7. The van der Waals surface area contributed by atoms with Crippen LogP contribution < -0.4 is 0 Å². The second kappa shape index (κ2) is 5.21. The highest BCUT2D eigenvalue weighted by Gasteiger charge is 2.07. The fourth-order valence-electron chi connectivity index (χ4n) is 2.35. The Morgan fingerprint density at radius 2 is 1.90 bits per heavy atom. The van der Waals surface area contributed by atoms with Crippen LogP contribution in [0.5, 0.6) is 0 Å². The van der Waals surface area contributed by atoms with E-state index < -0.39 is 5.82 Å². The van der Waals surface area contributed by atoms with Crippen molar-refractivity contribution in [2.24, 2.45) is 0 Å². The maximum atomic E-state index is 13.2. The molecule has 0 bridgehead atoms. The fraction of sp³-hybridized carbons (Fsp3) is 0.0588. The summed E-state index contributed by atoms with van der Waals surface area (Å²) in [7, 11) is 0. The highest BCUT2D eigenvalue weighted by Crippen LogP contribution is 2.21. The van der Waals surface area contributed by atoms with Crippen LogP contribution in [-0.4, -0.2) is 11.3 Å². The predicted molar refractivity (Wildman–Crippen MR) is 76.3 cm³/mol. The van der Waals surface area contributed by atoms with Gasteiger partial charge in [0.25, 0.3) is 0 Å². The van der Waals surface area contributed by atoms with Crippen molar-refractivity contribution in [3.05, 3.63) is 77.2 Å². The van der Waals surface area contributed by atoms with Crippen LogP contribution in [0, 0.1) is 5.82 Å². The first-order valence-corrected chi connectivity index (χ1v) is 6.34. The molecule has 0 N–H and O–H groups in total. The molecule has 1 heterocycles. The van der Waals surface area contributed by atoms with Gasteiger partial charge in [0, 0.05) is 17.1 Å². The first kappa shape index (κ1) is 12.5. The summed E-state index contributed by atoms with van der Waals surface area (Å²) < 4.78 is 13.2. The van der Waals surface area contributed by atoms with E-state index in [9.17, 15) is 9.18 Å². The number of hydrogen-bond acceptors (Lipinski definition) is 2. The molecule has 0 saturated heterocycles. The summed E-state index contributed by atoms with van der Waals surface area (Å²) in [6.45, 7) is 0. The fourth-order valence-corrected chi connectivity index (χ4v) is 2.35. The third kappa shape index (κ3) is 2.30. The van der Waals surface area contributed by atoms with Gasteiger partial charge in [0.15, 0.2) is 0 Å². The van der Waals surface area contributed by atoms with Gasteiger partial charge >= 0.3 is 0 Å². The average Bonchev–Trinajstić information content (AvgIpc) is 2.49. The van der Waals surface area contributed by atoms with E-state index in [1.165, 1.54) is 12.1 Å². The van der Waals surface area contributed by atoms with Crippen LogP contribution in [0.4, 0.5) is 4.39 Å². The summed E-state index contributed by atoms with van der Waals surface area (Å²) in [6.07, 6.45) is 3.03. The van der Waals surface area contributed by atoms with Crippen molar-refractivity contribution in [3.63, 3.8) is 0 Å². The summed E-state index contributed by atoms with van der Waals surface area (Å²) in [6, 6.07) is 14.1. The van der Waals surface area contributed by atoms with Crippen LogP contribution >= 0.6 is 0 Å². The van der Waals surface area contributed by atoms with Crippen LogP contribution in [0.1, 0.15) is 21.5 Å². The summed E-state index contributed by atoms with van der Waals surface area (Å²) in [5, 5.41) is 1.05. The van der Waals surface area contributed by atoms with Crippen LogP contribution in [-0.2, 0) is 6.42 Å². The molecular weight excluding hydrogens is 253 g/mol. The molecule has 2 nitrogen and oxygen atoms in total. The summed E-state index contributed by atoms with van der Waals surface area (Å²) in [4.78, 5) is 15.4. The quantitative estimate of drug-likeness (QED) is 0.675. The zero-order chi connectivity index (χ0) is 13.9. The number of nitrogens with zero attached hydrogens (tertiary/aromatic N) is 1. The first-order valence-electron chi connectivity index (χ1n) is 6.34. The third-order valence-electron chi connectivity index (χ3n) is 3.36. The van der Waals surface area contributed by atoms with Crippen molar-refractivity contribution in [1.29, 1.82) is 0 Å². The van der Waals surface area contributed by atoms with E-state index >= 15 is 0 Å². The molecule has 0 aliphatic heterocycles. The summed E-state index contributed by atoms with van der Waals surface area (Å²) in [5.41, 5.74) is 3.20. The van der Waals surface area contributed by atoms with Crippen LogP contribution in [0.15, 0.2) is 54.7 Å². The summed E-state index contributed by atoms with van der Waals surface area (Å²) >= 11 is 0. The number of halogens is 1. The first-order chi connectivity index (χ1) is 9.78. The molecule has 0 saturated carbocycles. The van der Waals surface area contributed by atoms with Gasteiger partial charge in [0.2, 0.25) is 0 Å². The minimum Gasteiger partial charge on any atom is -0.298 e.